The molecule has 0 unspecified atom stereocenters. The van der Waals surface area contributed by atoms with Crippen LogP contribution in [0, 0.1) is 12.8 Å². The highest BCUT2D eigenvalue weighted by atomic mass is 16.5. The molecule has 1 N–H and O–H groups in total. The average Bonchev–Trinajstić information content (AvgIpc) is 3.04. The van der Waals surface area contributed by atoms with Gasteiger partial charge in [-0.05, 0) is 55.9 Å². The summed E-state index contributed by atoms with van der Waals surface area (Å²) >= 11 is 0. The molecule has 1 fully saturated rings. The number of aliphatic hydroxyl groups is 1. The van der Waals surface area contributed by atoms with Gasteiger partial charge in [0.1, 0.15) is 5.69 Å². The first-order valence-electron chi connectivity index (χ1n) is 8.08. The summed E-state index contributed by atoms with van der Waals surface area (Å²) in [5.41, 5.74) is 1.60. The highest BCUT2D eigenvalue weighted by Gasteiger charge is 2.21. The molecule has 24 heavy (non-hydrogen) atoms. The SMILES string of the molecule is COC(=O)c1cc(-c2nnn(CC3CCC(O)CC3)n2)cc(C)n1. The molecule has 128 valence electrons. The molecule has 3 rings (SSSR count). The number of aromatic nitrogens is 5. The second kappa shape index (κ2) is 7.04. The quantitative estimate of drug-likeness (QED) is 0.844. The number of nitrogens with zero attached hydrogens (tertiary/aromatic N) is 5. The summed E-state index contributed by atoms with van der Waals surface area (Å²) < 4.78 is 4.71. The Morgan fingerprint density at radius 1 is 1.33 bits per heavy atom. The van der Waals surface area contributed by atoms with Gasteiger partial charge < -0.3 is 9.84 Å². The highest BCUT2D eigenvalue weighted by molar-refractivity contribution is 5.88. The predicted octanol–water partition coefficient (Wildman–Crippen LogP) is 1.38. The Morgan fingerprint density at radius 2 is 2.08 bits per heavy atom. The van der Waals surface area contributed by atoms with Gasteiger partial charge in [-0.3, -0.25) is 0 Å². The Bertz CT molecular complexity index is 722. The molecule has 8 heteroatoms. The number of esters is 1. The molecule has 1 aliphatic carbocycles. The maximum atomic E-state index is 11.7. The molecule has 0 bridgehead atoms. The Morgan fingerprint density at radius 3 is 2.79 bits per heavy atom. The van der Waals surface area contributed by atoms with Gasteiger partial charge in [-0.15, -0.1) is 10.2 Å². The number of aliphatic hydroxyl groups excluding tert-OH is 1. The molecule has 0 amide bonds. The van der Waals surface area contributed by atoms with Crippen molar-refractivity contribution in [2.75, 3.05) is 7.11 Å². The number of rotatable bonds is 4. The van der Waals surface area contributed by atoms with Crippen LogP contribution in [-0.2, 0) is 11.3 Å². The molecule has 1 saturated carbocycles. The van der Waals surface area contributed by atoms with Gasteiger partial charge in [0.2, 0.25) is 5.82 Å². The third-order valence-electron chi connectivity index (χ3n) is 4.30. The summed E-state index contributed by atoms with van der Waals surface area (Å²) in [6.45, 7) is 2.49. The number of aryl methyl sites for hydroxylation is 1. The van der Waals surface area contributed by atoms with E-state index in [-0.39, 0.29) is 11.8 Å². The van der Waals surface area contributed by atoms with Crippen molar-refractivity contribution in [1.82, 2.24) is 25.2 Å². The van der Waals surface area contributed by atoms with E-state index in [0.29, 0.717) is 29.5 Å². The summed E-state index contributed by atoms with van der Waals surface area (Å²) in [7, 11) is 1.32. The fourth-order valence-electron chi connectivity index (χ4n) is 3.00. The minimum atomic E-state index is -0.492. The van der Waals surface area contributed by atoms with E-state index < -0.39 is 5.97 Å². The number of ether oxygens (including phenoxy) is 1. The second-order valence-electron chi connectivity index (χ2n) is 6.22. The maximum Gasteiger partial charge on any atom is 0.356 e. The van der Waals surface area contributed by atoms with Crippen LogP contribution in [0.2, 0.25) is 0 Å². The lowest BCUT2D eigenvalue weighted by molar-refractivity contribution is 0.0594. The number of carbonyl (C=O) groups excluding carboxylic acids is 1. The van der Waals surface area contributed by atoms with Crippen molar-refractivity contribution >= 4 is 5.97 Å². The molecule has 8 nitrogen and oxygen atoms in total. The van der Waals surface area contributed by atoms with Crippen molar-refractivity contribution in [1.29, 1.82) is 0 Å². The minimum Gasteiger partial charge on any atom is -0.464 e. The van der Waals surface area contributed by atoms with Gasteiger partial charge in [-0.25, -0.2) is 9.78 Å². The largest absolute Gasteiger partial charge is 0.464 e. The lowest BCUT2D eigenvalue weighted by Crippen LogP contribution is -2.22. The van der Waals surface area contributed by atoms with E-state index in [4.69, 9.17) is 4.74 Å². The van der Waals surface area contributed by atoms with Gasteiger partial charge in [0.25, 0.3) is 0 Å². The minimum absolute atomic E-state index is 0.169. The van der Waals surface area contributed by atoms with E-state index >= 15 is 0 Å². The Balaban J connectivity index is 1.75. The smallest absolute Gasteiger partial charge is 0.356 e. The first-order chi connectivity index (χ1) is 11.5. The lowest BCUT2D eigenvalue weighted by Gasteiger charge is -2.24. The molecule has 2 aromatic heterocycles. The zero-order chi connectivity index (χ0) is 17.1. The summed E-state index contributed by atoms with van der Waals surface area (Å²) in [5.74, 6) is 0.426. The number of methoxy groups -OCH3 is 1. The van der Waals surface area contributed by atoms with Gasteiger partial charge in [0.05, 0.1) is 19.8 Å². The normalized spacial score (nSPS) is 20.8. The molecule has 0 aromatic carbocycles. The van der Waals surface area contributed by atoms with E-state index in [1.54, 1.807) is 17.8 Å². The molecule has 0 aliphatic heterocycles. The van der Waals surface area contributed by atoms with Crippen LogP contribution in [0.4, 0.5) is 0 Å². The van der Waals surface area contributed by atoms with Crippen molar-refractivity contribution in [3.05, 3.63) is 23.5 Å². The summed E-state index contributed by atoms with van der Waals surface area (Å²) in [4.78, 5) is 17.4. The van der Waals surface area contributed by atoms with Gasteiger partial charge >= 0.3 is 5.97 Å². The third-order valence-corrected chi connectivity index (χ3v) is 4.30. The molecule has 0 saturated heterocycles. The fourth-order valence-corrected chi connectivity index (χ4v) is 3.00. The molecule has 0 spiro atoms. The van der Waals surface area contributed by atoms with Crippen LogP contribution in [0.15, 0.2) is 12.1 Å². The van der Waals surface area contributed by atoms with Crippen LogP contribution in [0.1, 0.15) is 41.9 Å². The third kappa shape index (κ3) is 3.76. The van der Waals surface area contributed by atoms with E-state index in [2.05, 4.69) is 20.4 Å². The Hall–Kier alpha value is -2.35. The van der Waals surface area contributed by atoms with Crippen molar-refractivity contribution in [2.45, 2.75) is 45.3 Å². The average molecular weight is 331 g/mol. The number of hydrogen-bond donors (Lipinski definition) is 1. The first kappa shape index (κ1) is 16.5. The molecule has 0 radical (unpaired) electrons. The van der Waals surface area contributed by atoms with Crippen LogP contribution < -0.4 is 0 Å². The molecule has 2 heterocycles. The zero-order valence-electron chi connectivity index (χ0n) is 13.8. The van der Waals surface area contributed by atoms with Crippen molar-refractivity contribution in [3.8, 4) is 11.4 Å². The highest BCUT2D eigenvalue weighted by Crippen LogP contribution is 2.25. The van der Waals surface area contributed by atoms with Crippen LogP contribution >= 0.6 is 0 Å². The first-order valence-corrected chi connectivity index (χ1v) is 8.08. The molecule has 0 atom stereocenters. The fraction of sp³-hybridized carbons (Fsp3) is 0.562. The lowest BCUT2D eigenvalue weighted by atomic mass is 9.88. The summed E-state index contributed by atoms with van der Waals surface area (Å²) in [6, 6.07) is 3.42. The Kier molecular flexibility index (Phi) is 4.84. The Labute approximate surface area is 139 Å². The molecule has 2 aromatic rings. The number of tetrazole rings is 1. The van der Waals surface area contributed by atoms with E-state index in [1.165, 1.54) is 7.11 Å². The van der Waals surface area contributed by atoms with E-state index in [9.17, 15) is 9.90 Å². The molecular formula is C16H21N5O3. The molecular weight excluding hydrogens is 310 g/mol. The summed E-state index contributed by atoms with van der Waals surface area (Å²) in [6.07, 6.45) is 3.44. The van der Waals surface area contributed by atoms with Crippen LogP contribution in [0.25, 0.3) is 11.4 Å². The van der Waals surface area contributed by atoms with Crippen LogP contribution in [0.3, 0.4) is 0 Å². The van der Waals surface area contributed by atoms with Gasteiger partial charge in [0, 0.05) is 11.3 Å². The van der Waals surface area contributed by atoms with Gasteiger partial charge in [0.15, 0.2) is 0 Å². The number of hydrogen-bond acceptors (Lipinski definition) is 7. The molecule has 1 aliphatic rings. The maximum absolute atomic E-state index is 11.7. The monoisotopic (exact) mass is 331 g/mol. The van der Waals surface area contributed by atoms with Gasteiger partial charge in [-0.1, -0.05) is 0 Å². The number of carbonyl (C=O) groups is 1. The summed E-state index contributed by atoms with van der Waals surface area (Å²) in [5, 5.41) is 22.2. The van der Waals surface area contributed by atoms with Crippen LogP contribution in [0.5, 0.6) is 0 Å². The van der Waals surface area contributed by atoms with Crippen LogP contribution in [-0.4, -0.2) is 49.5 Å². The number of pyridine rings is 1. The van der Waals surface area contributed by atoms with Crippen molar-refractivity contribution < 1.29 is 14.6 Å². The van der Waals surface area contributed by atoms with Crippen molar-refractivity contribution in [3.63, 3.8) is 0 Å². The standard InChI is InChI=1S/C16H21N5O3/c1-10-7-12(8-14(17-10)16(23)24-2)15-18-20-21(19-15)9-11-3-5-13(22)6-4-11/h7-8,11,13,22H,3-6,9H2,1-2H3. The van der Waals surface area contributed by atoms with Gasteiger partial charge in [-0.2, -0.15) is 4.80 Å². The zero-order valence-corrected chi connectivity index (χ0v) is 13.8. The topological polar surface area (TPSA) is 103 Å². The van der Waals surface area contributed by atoms with Crippen molar-refractivity contribution in [2.24, 2.45) is 5.92 Å². The predicted molar refractivity (Wildman–Crippen MR) is 85.1 cm³/mol. The van der Waals surface area contributed by atoms with E-state index in [0.717, 1.165) is 25.7 Å². The second-order valence-corrected chi connectivity index (χ2v) is 6.22. The van der Waals surface area contributed by atoms with E-state index in [1.807, 2.05) is 6.07 Å².